The molecule has 0 radical (unpaired) electrons. The number of carbonyl (C=O) groups is 1. The highest BCUT2D eigenvalue weighted by Crippen LogP contribution is 2.39. The molecule has 2 aromatic rings. The number of aliphatic carboxylic acids is 1. The van der Waals surface area contributed by atoms with E-state index in [4.69, 9.17) is 4.74 Å². The number of para-hydroxylation sites is 1. The number of rotatable bonds is 7. The van der Waals surface area contributed by atoms with Gasteiger partial charge in [0.1, 0.15) is 16.4 Å². The maximum absolute atomic E-state index is 11.6. The molecule has 0 saturated heterocycles. The summed E-state index contributed by atoms with van der Waals surface area (Å²) in [6.07, 6.45) is 4.18. The minimum absolute atomic E-state index is 0.194. The van der Waals surface area contributed by atoms with Crippen molar-refractivity contribution >= 4 is 34.5 Å². The molecule has 1 aromatic heterocycles. The molecule has 0 aliphatic carbocycles. The van der Waals surface area contributed by atoms with Gasteiger partial charge in [-0.05, 0) is 30.7 Å². The number of thioether (sulfide) groups is 1. The summed E-state index contributed by atoms with van der Waals surface area (Å²) < 4.78 is 6.84. The number of methoxy groups -OCH3 is 1. The van der Waals surface area contributed by atoms with Gasteiger partial charge in [-0.1, -0.05) is 30.0 Å². The number of ether oxygens (including phenoxy) is 1. The maximum atomic E-state index is 11.6. The second kappa shape index (κ2) is 8.70. The van der Waals surface area contributed by atoms with Crippen LogP contribution in [-0.4, -0.2) is 44.7 Å². The van der Waals surface area contributed by atoms with Crippen LogP contribution in [0.1, 0.15) is 12.1 Å². The van der Waals surface area contributed by atoms with Gasteiger partial charge in [0.2, 0.25) is 0 Å². The second-order valence-corrected chi connectivity index (χ2v) is 6.75. The fourth-order valence-corrected chi connectivity index (χ4v) is 3.59. The van der Waals surface area contributed by atoms with Crippen LogP contribution in [0.3, 0.4) is 0 Å². The zero-order valence-corrected chi connectivity index (χ0v) is 15.5. The summed E-state index contributed by atoms with van der Waals surface area (Å²) in [5.41, 5.74) is 1.20. The van der Waals surface area contributed by atoms with Crippen molar-refractivity contribution in [2.24, 2.45) is 4.99 Å². The zero-order chi connectivity index (χ0) is 19.2. The number of hydrogen-bond acceptors (Lipinski definition) is 6. The Hall–Kier alpha value is -2.84. The normalized spacial score (nSPS) is 17.2. The number of nitrogens with zero attached hydrogens (tertiary/aromatic N) is 3. The van der Waals surface area contributed by atoms with Crippen LogP contribution >= 0.6 is 11.8 Å². The van der Waals surface area contributed by atoms with Crippen molar-refractivity contribution in [2.75, 3.05) is 13.7 Å². The number of aliphatic hydroxyl groups is 1. The Bertz CT molecular complexity index is 916. The number of benzene rings is 1. The van der Waals surface area contributed by atoms with Crippen molar-refractivity contribution in [2.45, 2.75) is 13.0 Å². The standard InChI is InChI=1S/C19H19N3O4S/c1-26-11-5-10-22-14(8-9-20-22)12-15-17(23)16(19(24)25)18(27-15)21-13-6-3-2-4-7-13/h2-4,6-9,12,23H,5,10-11H2,1H3,(H,24,25)/b15-12-,21-18?. The van der Waals surface area contributed by atoms with Gasteiger partial charge in [0.05, 0.1) is 16.3 Å². The number of aliphatic hydroxyl groups excluding tert-OH is 1. The lowest BCUT2D eigenvalue weighted by molar-refractivity contribution is -0.132. The molecular weight excluding hydrogens is 366 g/mol. The summed E-state index contributed by atoms with van der Waals surface area (Å²) in [5.74, 6) is -1.50. The molecule has 0 spiro atoms. The van der Waals surface area contributed by atoms with Gasteiger partial charge in [-0.3, -0.25) is 4.68 Å². The second-order valence-electron chi connectivity index (χ2n) is 5.72. The molecule has 1 aliphatic heterocycles. The lowest BCUT2D eigenvalue weighted by Crippen LogP contribution is -2.07. The molecule has 2 N–H and O–H groups in total. The lowest BCUT2D eigenvalue weighted by atomic mass is 10.2. The quantitative estimate of drug-likeness (QED) is 0.707. The number of hydrogen-bond donors (Lipinski definition) is 2. The third-order valence-electron chi connectivity index (χ3n) is 3.84. The van der Waals surface area contributed by atoms with Gasteiger partial charge in [-0.15, -0.1) is 0 Å². The van der Waals surface area contributed by atoms with Gasteiger partial charge in [-0.25, -0.2) is 9.79 Å². The molecule has 8 heteroatoms. The highest BCUT2D eigenvalue weighted by atomic mass is 32.2. The molecule has 2 heterocycles. The van der Waals surface area contributed by atoms with Gasteiger partial charge < -0.3 is 14.9 Å². The first-order valence-electron chi connectivity index (χ1n) is 8.31. The highest BCUT2D eigenvalue weighted by molar-refractivity contribution is 8.18. The summed E-state index contributed by atoms with van der Waals surface area (Å²) in [6.45, 7) is 1.28. The van der Waals surface area contributed by atoms with Crippen LogP contribution in [0.4, 0.5) is 5.69 Å². The first-order chi connectivity index (χ1) is 13.1. The zero-order valence-electron chi connectivity index (χ0n) is 14.7. The molecule has 7 nitrogen and oxygen atoms in total. The molecule has 0 unspecified atom stereocenters. The van der Waals surface area contributed by atoms with Crippen molar-refractivity contribution in [3.8, 4) is 0 Å². The summed E-state index contributed by atoms with van der Waals surface area (Å²) >= 11 is 1.13. The lowest BCUT2D eigenvalue weighted by Gasteiger charge is -2.05. The molecule has 27 heavy (non-hydrogen) atoms. The van der Waals surface area contributed by atoms with E-state index in [0.717, 1.165) is 23.9 Å². The van der Waals surface area contributed by atoms with Crippen molar-refractivity contribution in [3.05, 3.63) is 64.5 Å². The number of carboxylic acid groups (broad SMARTS) is 1. The minimum Gasteiger partial charge on any atom is -0.506 e. The van der Waals surface area contributed by atoms with E-state index < -0.39 is 5.97 Å². The third kappa shape index (κ3) is 4.47. The van der Waals surface area contributed by atoms with Crippen molar-refractivity contribution in [1.82, 2.24) is 9.78 Å². The minimum atomic E-state index is -1.22. The molecule has 1 aliphatic rings. The Balaban J connectivity index is 1.92. The third-order valence-corrected chi connectivity index (χ3v) is 4.86. The maximum Gasteiger partial charge on any atom is 0.342 e. The Morgan fingerprint density at radius 3 is 2.81 bits per heavy atom. The van der Waals surface area contributed by atoms with Gasteiger partial charge >= 0.3 is 5.97 Å². The van der Waals surface area contributed by atoms with E-state index in [2.05, 4.69) is 10.1 Å². The van der Waals surface area contributed by atoms with E-state index in [1.54, 1.807) is 42.3 Å². The summed E-state index contributed by atoms with van der Waals surface area (Å²) in [4.78, 5) is 16.4. The average Bonchev–Trinajstić information content (AvgIpc) is 3.21. The molecule has 1 aromatic carbocycles. The Morgan fingerprint density at radius 2 is 2.11 bits per heavy atom. The first-order valence-corrected chi connectivity index (χ1v) is 9.13. The number of aromatic nitrogens is 2. The summed E-state index contributed by atoms with van der Waals surface area (Å²) in [5, 5.41) is 24.5. The van der Waals surface area contributed by atoms with Crippen LogP contribution < -0.4 is 0 Å². The monoisotopic (exact) mass is 385 g/mol. The van der Waals surface area contributed by atoms with Gasteiger partial charge in [0.15, 0.2) is 0 Å². The molecular formula is C19H19N3O4S. The van der Waals surface area contributed by atoms with Crippen LogP contribution in [-0.2, 0) is 16.1 Å². The van der Waals surface area contributed by atoms with Crippen LogP contribution in [0.25, 0.3) is 6.08 Å². The predicted molar refractivity (Wildman–Crippen MR) is 105 cm³/mol. The van der Waals surface area contributed by atoms with Gasteiger partial charge in [0, 0.05) is 26.5 Å². The number of carboxylic acids is 1. The number of aliphatic imine (C=N–C) groups is 1. The molecule has 0 bridgehead atoms. The number of aryl methyl sites for hydroxylation is 1. The topological polar surface area (TPSA) is 96.9 Å². The smallest absolute Gasteiger partial charge is 0.342 e. The van der Waals surface area contributed by atoms with Crippen molar-refractivity contribution in [3.63, 3.8) is 0 Å². The summed E-state index contributed by atoms with van der Waals surface area (Å²) in [6, 6.07) is 10.8. The van der Waals surface area contributed by atoms with Gasteiger partial charge in [-0.2, -0.15) is 5.10 Å². The van der Waals surface area contributed by atoms with Crippen LogP contribution in [0.2, 0.25) is 0 Å². The first kappa shape index (κ1) is 18.9. The van der Waals surface area contributed by atoms with E-state index in [-0.39, 0.29) is 16.4 Å². The van der Waals surface area contributed by atoms with Gasteiger partial charge in [0.25, 0.3) is 0 Å². The summed E-state index contributed by atoms with van der Waals surface area (Å²) in [7, 11) is 1.64. The van der Waals surface area contributed by atoms with E-state index in [1.807, 2.05) is 18.2 Å². The van der Waals surface area contributed by atoms with Crippen LogP contribution in [0.5, 0.6) is 0 Å². The van der Waals surface area contributed by atoms with E-state index in [0.29, 0.717) is 23.7 Å². The Kier molecular flexibility index (Phi) is 6.10. The fraction of sp³-hybridized carbons (Fsp3) is 0.211. The molecule has 140 valence electrons. The Labute approximate surface area is 160 Å². The Morgan fingerprint density at radius 1 is 1.33 bits per heavy atom. The SMILES string of the molecule is COCCCn1nccc1/C=C1\SC(=Nc2ccccc2)C(C(=O)O)=C1O. The fourth-order valence-electron chi connectivity index (χ4n) is 2.56. The molecule has 0 fully saturated rings. The molecule has 0 atom stereocenters. The molecule has 0 saturated carbocycles. The average molecular weight is 385 g/mol. The van der Waals surface area contributed by atoms with Crippen molar-refractivity contribution in [1.29, 1.82) is 0 Å². The van der Waals surface area contributed by atoms with Crippen LogP contribution in [0.15, 0.2) is 63.8 Å². The van der Waals surface area contributed by atoms with E-state index in [1.165, 1.54) is 0 Å². The van der Waals surface area contributed by atoms with Crippen LogP contribution in [0, 0.1) is 0 Å². The predicted octanol–water partition coefficient (Wildman–Crippen LogP) is 3.63. The molecule has 0 amide bonds. The van der Waals surface area contributed by atoms with E-state index in [9.17, 15) is 15.0 Å². The molecule has 3 rings (SSSR count). The van der Waals surface area contributed by atoms with Crippen molar-refractivity contribution < 1.29 is 19.7 Å². The largest absolute Gasteiger partial charge is 0.506 e. The van der Waals surface area contributed by atoms with E-state index >= 15 is 0 Å². The highest BCUT2D eigenvalue weighted by Gasteiger charge is 2.32.